The van der Waals surface area contributed by atoms with E-state index in [0.29, 0.717) is 5.57 Å². The van der Waals surface area contributed by atoms with Crippen LogP contribution < -0.4 is 0 Å². The molecule has 3 rings (SSSR count). The molecule has 0 spiro atoms. The van der Waals surface area contributed by atoms with Crippen molar-refractivity contribution in [1.82, 2.24) is 0 Å². The van der Waals surface area contributed by atoms with Crippen molar-refractivity contribution in [2.24, 2.45) is 5.41 Å². The molecule has 0 aromatic heterocycles. The van der Waals surface area contributed by atoms with E-state index in [4.69, 9.17) is 4.74 Å². The van der Waals surface area contributed by atoms with Gasteiger partial charge in [-0.2, -0.15) is 0 Å². The first-order chi connectivity index (χ1) is 9.63. The van der Waals surface area contributed by atoms with E-state index in [0.717, 1.165) is 44.1 Å². The van der Waals surface area contributed by atoms with Gasteiger partial charge in [0.25, 0.3) is 0 Å². The fourth-order valence-corrected chi connectivity index (χ4v) is 3.77. The monoisotopic (exact) mass is 274 g/mol. The van der Waals surface area contributed by atoms with Crippen molar-refractivity contribution in [2.45, 2.75) is 64.7 Å². The molecule has 0 bridgehead atoms. The van der Waals surface area contributed by atoms with Gasteiger partial charge in [-0.1, -0.05) is 18.9 Å². The van der Waals surface area contributed by atoms with E-state index in [1.54, 1.807) is 0 Å². The molecule has 1 fully saturated rings. The van der Waals surface area contributed by atoms with E-state index in [1.165, 1.54) is 24.8 Å². The van der Waals surface area contributed by atoms with E-state index >= 15 is 0 Å². The molecule has 1 atom stereocenters. The summed E-state index contributed by atoms with van der Waals surface area (Å²) >= 11 is 0. The maximum Gasteiger partial charge on any atom is 0.343 e. The fraction of sp³-hybridized carbons (Fsp3) is 0.647. The maximum atomic E-state index is 12.2. The van der Waals surface area contributed by atoms with Gasteiger partial charge in [-0.05, 0) is 63.0 Å². The van der Waals surface area contributed by atoms with Gasteiger partial charge in [0.1, 0.15) is 0 Å². The lowest BCUT2D eigenvalue weighted by Crippen LogP contribution is -2.24. The average molecular weight is 274 g/mol. The van der Waals surface area contributed by atoms with Crippen LogP contribution in [0.25, 0.3) is 0 Å². The van der Waals surface area contributed by atoms with Crippen molar-refractivity contribution in [1.29, 1.82) is 0 Å². The third-order valence-electron chi connectivity index (χ3n) is 4.98. The van der Waals surface area contributed by atoms with Gasteiger partial charge >= 0.3 is 11.9 Å². The summed E-state index contributed by atoms with van der Waals surface area (Å²) in [5.41, 5.74) is 2.41. The third-order valence-corrected chi connectivity index (χ3v) is 4.98. The Balaban J connectivity index is 2.09. The van der Waals surface area contributed by atoms with Crippen LogP contribution in [0.2, 0.25) is 0 Å². The molecule has 1 aliphatic heterocycles. The summed E-state index contributed by atoms with van der Waals surface area (Å²) in [6.07, 6.45) is 11.8. The van der Waals surface area contributed by atoms with Crippen LogP contribution in [-0.4, -0.2) is 11.9 Å². The van der Waals surface area contributed by atoms with E-state index in [9.17, 15) is 9.59 Å². The van der Waals surface area contributed by atoms with Crippen molar-refractivity contribution in [3.63, 3.8) is 0 Å². The molecule has 0 aromatic carbocycles. The van der Waals surface area contributed by atoms with Crippen molar-refractivity contribution >= 4 is 11.9 Å². The Morgan fingerprint density at radius 3 is 2.70 bits per heavy atom. The van der Waals surface area contributed by atoms with Crippen LogP contribution in [0, 0.1) is 5.41 Å². The van der Waals surface area contributed by atoms with Gasteiger partial charge < -0.3 is 4.74 Å². The molecule has 1 saturated heterocycles. The molecule has 3 nitrogen and oxygen atoms in total. The minimum atomic E-state index is -0.698. The lowest BCUT2D eigenvalue weighted by molar-refractivity contribution is -0.154. The number of carbonyl (C=O) groups excluding carboxylic acids is 2. The second kappa shape index (κ2) is 5.19. The Labute approximate surface area is 120 Å². The van der Waals surface area contributed by atoms with Gasteiger partial charge in [0.2, 0.25) is 0 Å². The molecule has 108 valence electrons. The Morgan fingerprint density at radius 1 is 1.05 bits per heavy atom. The van der Waals surface area contributed by atoms with Gasteiger partial charge in [-0.25, -0.2) is 4.79 Å². The lowest BCUT2D eigenvalue weighted by Gasteiger charge is -2.20. The van der Waals surface area contributed by atoms with Crippen molar-refractivity contribution in [2.75, 3.05) is 0 Å². The highest BCUT2D eigenvalue weighted by molar-refractivity contribution is 6.10. The zero-order valence-electron chi connectivity index (χ0n) is 12.2. The van der Waals surface area contributed by atoms with Crippen LogP contribution in [0.4, 0.5) is 0 Å². The number of allylic oxidation sites excluding steroid dienone is 3. The highest BCUT2D eigenvalue weighted by Crippen LogP contribution is 2.47. The summed E-state index contributed by atoms with van der Waals surface area (Å²) in [6.45, 7) is 1.89. The predicted octanol–water partition coefficient (Wildman–Crippen LogP) is 3.84. The van der Waals surface area contributed by atoms with Crippen molar-refractivity contribution in [3.8, 4) is 0 Å². The number of cyclic esters (lactones) is 2. The molecule has 0 aromatic rings. The maximum absolute atomic E-state index is 12.2. The number of hydrogen-bond acceptors (Lipinski definition) is 3. The summed E-state index contributed by atoms with van der Waals surface area (Å²) in [5, 5.41) is 0. The fourth-order valence-electron chi connectivity index (χ4n) is 3.77. The molecule has 20 heavy (non-hydrogen) atoms. The van der Waals surface area contributed by atoms with Gasteiger partial charge in [0, 0.05) is 0 Å². The molecule has 3 aliphatic rings. The second-order valence-electron chi connectivity index (χ2n) is 6.40. The molecule has 0 saturated carbocycles. The summed E-state index contributed by atoms with van der Waals surface area (Å²) in [5.74, 6) is -0.731. The minimum Gasteiger partial charge on any atom is -0.389 e. The molecule has 3 heteroatoms. The summed E-state index contributed by atoms with van der Waals surface area (Å²) in [6, 6.07) is 0. The molecule has 0 radical (unpaired) electrons. The number of rotatable bonds is 1. The van der Waals surface area contributed by atoms with E-state index in [1.807, 2.05) is 6.92 Å². The highest BCUT2D eigenvalue weighted by atomic mass is 16.6. The quantitative estimate of drug-likeness (QED) is 0.539. The van der Waals surface area contributed by atoms with Crippen molar-refractivity contribution < 1.29 is 14.3 Å². The first-order valence-electron chi connectivity index (χ1n) is 7.82. The lowest BCUT2D eigenvalue weighted by atomic mass is 9.77. The molecular weight excluding hydrogens is 252 g/mol. The number of hydrogen-bond donors (Lipinski definition) is 0. The van der Waals surface area contributed by atoms with Gasteiger partial charge in [-0.3, -0.25) is 4.79 Å². The van der Waals surface area contributed by atoms with Crippen LogP contribution >= 0.6 is 0 Å². The standard InChI is InChI=1S/C17H22O3/c1-17-11-7-6-10-13(12-8-4-2-3-5-9-12)14(17)15(18)20-16(17)19/h8H,2-7,9-11H2,1H3. The second-order valence-corrected chi connectivity index (χ2v) is 6.40. The third kappa shape index (κ3) is 2.13. The molecule has 2 aliphatic carbocycles. The van der Waals surface area contributed by atoms with E-state index < -0.39 is 5.41 Å². The summed E-state index contributed by atoms with van der Waals surface area (Å²) < 4.78 is 4.96. The Kier molecular flexibility index (Phi) is 3.53. The van der Waals surface area contributed by atoms with Gasteiger partial charge in [0.15, 0.2) is 0 Å². The minimum absolute atomic E-state index is 0.342. The van der Waals surface area contributed by atoms with E-state index in [-0.39, 0.29) is 11.9 Å². The Hall–Kier alpha value is -1.38. The van der Waals surface area contributed by atoms with Crippen LogP contribution in [0.3, 0.4) is 0 Å². The number of carbonyl (C=O) groups is 2. The van der Waals surface area contributed by atoms with Crippen LogP contribution in [0.5, 0.6) is 0 Å². The van der Waals surface area contributed by atoms with Gasteiger partial charge in [-0.15, -0.1) is 0 Å². The molecule has 1 unspecified atom stereocenters. The zero-order valence-corrected chi connectivity index (χ0v) is 12.2. The molecular formula is C17H22O3. The topological polar surface area (TPSA) is 43.4 Å². The van der Waals surface area contributed by atoms with Crippen molar-refractivity contribution in [3.05, 3.63) is 22.8 Å². The highest BCUT2D eigenvalue weighted by Gasteiger charge is 2.52. The van der Waals surface area contributed by atoms with E-state index in [2.05, 4.69) is 6.08 Å². The number of fused-ring (bicyclic) bond motifs is 1. The summed E-state index contributed by atoms with van der Waals surface area (Å²) in [4.78, 5) is 24.3. The largest absolute Gasteiger partial charge is 0.389 e. The summed E-state index contributed by atoms with van der Waals surface area (Å²) in [7, 11) is 0. The smallest absolute Gasteiger partial charge is 0.343 e. The Bertz CT molecular complexity index is 512. The molecule has 0 amide bonds. The van der Waals surface area contributed by atoms with Gasteiger partial charge in [0.05, 0.1) is 11.0 Å². The van der Waals surface area contributed by atoms with Crippen LogP contribution in [-0.2, 0) is 14.3 Å². The van der Waals surface area contributed by atoms with Crippen LogP contribution in [0.1, 0.15) is 64.7 Å². The van der Waals surface area contributed by atoms with Crippen LogP contribution in [0.15, 0.2) is 22.8 Å². The zero-order chi connectivity index (χ0) is 14.2. The number of esters is 2. The number of ether oxygens (including phenoxy) is 1. The average Bonchev–Trinajstić information content (AvgIpc) is 2.68. The first kappa shape index (κ1) is 13.6. The molecule has 0 N–H and O–H groups in total. The SMILES string of the molecule is CC12CCCCC(C3=CCCCCC3)=C1C(=O)OC2=O. The predicted molar refractivity (Wildman–Crippen MR) is 75.9 cm³/mol. The Morgan fingerprint density at radius 2 is 1.85 bits per heavy atom. The molecule has 1 heterocycles. The first-order valence-corrected chi connectivity index (χ1v) is 7.82. The normalized spacial score (nSPS) is 31.4.